The Kier molecular flexibility index (Phi) is 5.07. The van der Waals surface area contributed by atoms with Crippen LogP contribution in [0.3, 0.4) is 0 Å². The summed E-state index contributed by atoms with van der Waals surface area (Å²) in [6.07, 6.45) is 4.59. The van der Waals surface area contributed by atoms with E-state index in [4.69, 9.17) is 4.98 Å². The third-order valence-electron chi connectivity index (χ3n) is 5.43. The van der Waals surface area contributed by atoms with Gasteiger partial charge < -0.3 is 15.5 Å². The van der Waals surface area contributed by atoms with Gasteiger partial charge in [-0.2, -0.15) is 0 Å². The Hall–Kier alpha value is -2.47. The average molecular weight is 365 g/mol. The fourth-order valence-electron chi connectivity index (χ4n) is 4.17. The van der Waals surface area contributed by atoms with Crippen molar-refractivity contribution in [3.05, 3.63) is 47.8 Å². The normalized spacial score (nSPS) is 25.0. The maximum absolute atomic E-state index is 12.7. The minimum Gasteiger partial charge on any atom is -0.335 e. The molecule has 1 fully saturated rings. The molecule has 4 rings (SSSR count). The molecule has 2 aliphatic rings. The van der Waals surface area contributed by atoms with Gasteiger partial charge >= 0.3 is 6.03 Å². The molecule has 0 aliphatic carbocycles. The van der Waals surface area contributed by atoms with Gasteiger partial charge in [-0.3, -0.25) is 0 Å². The number of piperidine rings is 1. The Morgan fingerprint density at radius 1 is 1.19 bits per heavy atom. The van der Waals surface area contributed by atoms with Gasteiger partial charge in [0, 0.05) is 48.4 Å². The summed E-state index contributed by atoms with van der Waals surface area (Å²) in [5, 5.41) is 6.74. The SMILES string of the molecule is CC1CC(NC(=O)N2CCc3nc(-c4ccccc4)ncc3C2)CC(C)N1. The van der Waals surface area contributed by atoms with Crippen LogP contribution < -0.4 is 10.6 Å². The van der Waals surface area contributed by atoms with Crippen LogP contribution in [-0.2, 0) is 13.0 Å². The van der Waals surface area contributed by atoms with E-state index in [0.29, 0.717) is 25.2 Å². The topological polar surface area (TPSA) is 70.2 Å². The van der Waals surface area contributed by atoms with Crippen LogP contribution in [-0.4, -0.2) is 45.6 Å². The number of nitrogens with one attached hydrogen (secondary N) is 2. The van der Waals surface area contributed by atoms with Crippen LogP contribution in [0, 0.1) is 0 Å². The summed E-state index contributed by atoms with van der Waals surface area (Å²) in [5.74, 6) is 0.755. The number of hydrogen-bond donors (Lipinski definition) is 2. The van der Waals surface area contributed by atoms with Crippen molar-refractivity contribution in [2.45, 2.75) is 57.8 Å². The minimum absolute atomic E-state index is 0.0269. The van der Waals surface area contributed by atoms with Gasteiger partial charge in [0.2, 0.25) is 0 Å². The number of aromatic nitrogens is 2. The van der Waals surface area contributed by atoms with Crippen molar-refractivity contribution < 1.29 is 4.79 Å². The van der Waals surface area contributed by atoms with Crippen LogP contribution in [0.2, 0.25) is 0 Å². The molecule has 2 unspecified atom stereocenters. The predicted octanol–water partition coefficient (Wildman–Crippen LogP) is 2.74. The molecule has 27 heavy (non-hydrogen) atoms. The van der Waals surface area contributed by atoms with Crippen LogP contribution in [0.15, 0.2) is 36.5 Å². The summed E-state index contributed by atoms with van der Waals surface area (Å²) >= 11 is 0. The number of hydrogen-bond acceptors (Lipinski definition) is 4. The number of amides is 2. The van der Waals surface area contributed by atoms with E-state index in [2.05, 4.69) is 29.5 Å². The number of nitrogens with zero attached hydrogens (tertiary/aromatic N) is 3. The summed E-state index contributed by atoms with van der Waals surface area (Å²) in [6, 6.07) is 11.1. The van der Waals surface area contributed by atoms with E-state index in [9.17, 15) is 4.79 Å². The van der Waals surface area contributed by atoms with Gasteiger partial charge in [0.25, 0.3) is 0 Å². The maximum Gasteiger partial charge on any atom is 0.317 e. The molecule has 6 nitrogen and oxygen atoms in total. The third-order valence-corrected chi connectivity index (χ3v) is 5.43. The number of benzene rings is 1. The van der Waals surface area contributed by atoms with Crippen LogP contribution in [0.5, 0.6) is 0 Å². The maximum atomic E-state index is 12.7. The van der Waals surface area contributed by atoms with Gasteiger partial charge in [0.15, 0.2) is 5.82 Å². The second-order valence-electron chi connectivity index (χ2n) is 7.79. The van der Waals surface area contributed by atoms with Gasteiger partial charge in [0.1, 0.15) is 0 Å². The summed E-state index contributed by atoms with van der Waals surface area (Å²) in [7, 11) is 0. The number of carbonyl (C=O) groups is 1. The molecular formula is C21H27N5O. The molecule has 2 aromatic rings. The minimum atomic E-state index is 0.0269. The van der Waals surface area contributed by atoms with E-state index in [0.717, 1.165) is 41.9 Å². The van der Waals surface area contributed by atoms with E-state index >= 15 is 0 Å². The van der Waals surface area contributed by atoms with Crippen LogP contribution in [0.25, 0.3) is 11.4 Å². The number of fused-ring (bicyclic) bond motifs is 1. The lowest BCUT2D eigenvalue weighted by molar-refractivity contribution is 0.180. The Balaban J connectivity index is 1.41. The van der Waals surface area contributed by atoms with E-state index in [1.165, 1.54) is 0 Å². The summed E-state index contributed by atoms with van der Waals surface area (Å²) in [5.41, 5.74) is 3.12. The molecule has 0 radical (unpaired) electrons. The van der Waals surface area contributed by atoms with E-state index < -0.39 is 0 Å². The molecule has 1 saturated heterocycles. The molecule has 1 aromatic carbocycles. The lowest BCUT2D eigenvalue weighted by atomic mass is 9.95. The monoisotopic (exact) mass is 365 g/mol. The predicted molar refractivity (Wildman–Crippen MR) is 105 cm³/mol. The molecule has 1 aromatic heterocycles. The first-order valence-corrected chi connectivity index (χ1v) is 9.80. The zero-order valence-corrected chi connectivity index (χ0v) is 16.0. The molecule has 0 saturated carbocycles. The summed E-state index contributed by atoms with van der Waals surface area (Å²) in [6.45, 7) is 5.62. The van der Waals surface area contributed by atoms with Gasteiger partial charge in [-0.25, -0.2) is 14.8 Å². The Bertz CT molecular complexity index is 799. The Morgan fingerprint density at radius 2 is 1.93 bits per heavy atom. The van der Waals surface area contributed by atoms with Crippen molar-refractivity contribution >= 4 is 6.03 Å². The first kappa shape index (κ1) is 17.9. The zero-order valence-electron chi connectivity index (χ0n) is 16.0. The Labute approximate surface area is 160 Å². The van der Waals surface area contributed by atoms with Crippen LogP contribution in [0.4, 0.5) is 4.79 Å². The molecular weight excluding hydrogens is 338 g/mol. The average Bonchev–Trinajstić information content (AvgIpc) is 2.67. The summed E-state index contributed by atoms with van der Waals surface area (Å²) in [4.78, 5) is 23.9. The van der Waals surface area contributed by atoms with Gasteiger partial charge in [-0.05, 0) is 26.7 Å². The van der Waals surface area contributed by atoms with Crippen LogP contribution in [0.1, 0.15) is 37.9 Å². The van der Waals surface area contributed by atoms with Crippen molar-refractivity contribution in [1.29, 1.82) is 0 Å². The number of rotatable bonds is 2. The Morgan fingerprint density at radius 3 is 2.67 bits per heavy atom. The van der Waals surface area contributed by atoms with E-state index in [-0.39, 0.29) is 12.1 Å². The highest BCUT2D eigenvalue weighted by atomic mass is 16.2. The lowest BCUT2D eigenvalue weighted by Gasteiger charge is -2.35. The molecule has 0 bridgehead atoms. The highest BCUT2D eigenvalue weighted by molar-refractivity contribution is 5.75. The number of urea groups is 1. The molecule has 2 atom stereocenters. The fourth-order valence-corrected chi connectivity index (χ4v) is 4.17. The molecule has 2 N–H and O–H groups in total. The molecule has 142 valence electrons. The third kappa shape index (κ3) is 4.11. The molecule has 2 aliphatic heterocycles. The zero-order chi connectivity index (χ0) is 18.8. The van der Waals surface area contributed by atoms with E-state index in [1.807, 2.05) is 41.4 Å². The van der Waals surface area contributed by atoms with E-state index in [1.54, 1.807) is 0 Å². The largest absolute Gasteiger partial charge is 0.335 e. The summed E-state index contributed by atoms with van der Waals surface area (Å²) < 4.78 is 0. The lowest BCUT2D eigenvalue weighted by Crippen LogP contribution is -2.53. The molecule has 2 amide bonds. The second kappa shape index (κ2) is 7.64. The van der Waals surface area contributed by atoms with Gasteiger partial charge in [0.05, 0.1) is 12.2 Å². The van der Waals surface area contributed by atoms with Crippen LogP contribution >= 0.6 is 0 Å². The first-order chi connectivity index (χ1) is 13.1. The van der Waals surface area contributed by atoms with Gasteiger partial charge in [-0.1, -0.05) is 30.3 Å². The number of carbonyl (C=O) groups excluding carboxylic acids is 1. The molecule has 6 heteroatoms. The fraction of sp³-hybridized carbons (Fsp3) is 0.476. The van der Waals surface area contributed by atoms with Crippen molar-refractivity contribution in [3.63, 3.8) is 0 Å². The highest BCUT2D eigenvalue weighted by Gasteiger charge is 2.28. The van der Waals surface area contributed by atoms with Crippen molar-refractivity contribution in [2.75, 3.05) is 6.54 Å². The standard InChI is InChI=1S/C21H27N5O/c1-14-10-18(11-15(2)23-14)24-21(27)26-9-8-19-17(13-26)12-22-20(25-19)16-6-4-3-5-7-16/h3-7,12,14-15,18,23H,8-11,13H2,1-2H3,(H,24,27). The van der Waals surface area contributed by atoms with Crippen molar-refractivity contribution in [3.8, 4) is 11.4 Å². The second-order valence-corrected chi connectivity index (χ2v) is 7.79. The molecule has 3 heterocycles. The molecule has 0 spiro atoms. The first-order valence-electron chi connectivity index (χ1n) is 9.80. The quantitative estimate of drug-likeness (QED) is 0.859. The van der Waals surface area contributed by atoms with Gasteiger partial charge in [-0.15, -0.1) is 0 Å². The van der Waals surface area contributed by atoms with Crippen molar-refractivity contribution in [2.24, 2.45) is 0 Å². The smallest absolute Gasteiger partial charge is 0.317 e. The highest BCUT2D eigenvalue weighted by Crippen LogP contribution is 2.21. The van der Waals surface area contributed by atoms with Crippen molar-refractivity contribution in [1.82, 2.24) is 25.5 Å².